The summed E-state index contributed by atoms with van der Waals surface area (Å²) in [6.45, 7) is 0.872. The molecule has 0 N–H and O–H groups in total. The SMILES string of the molecule is COCc1cc(C(=O)N(CCCl)C2CCC2)no1. The highest BCUT2D eigenvalue weighted by molar-refractivity contribution is 6.18. The number of rotatable bonds is 6. The summed E-state index contributed by atoms with van der Waals surface area (Å²) in [7, 11) is 1.57. The van der Waals surface area contributed by atoms with Crippen molar-refractivity contribution < 1.29 is 14.1 Å². The summed E-state index contributed by atoms with van der Waals surface area (Å²) < 4.78 is 9.96. The molecule has 0 atom stereocenters. The molecule has 2 rings (SSSR count). The first kappa shape index (κ1) is 13.4. The molecule has 0 aliphatic heterocycles. The van der Waals surface area contributed by atoms with Gasteiger partial charge in [0.2, 0.25) is 0 Å². The van der Waals surface area contributed by atoms with E-state index in [1.807, 2.05) is 0 Å². The first-order chi connectivity index (χ1) is 8.76. The van der Waals surface area contributed by atoms with E-state index in [1.165, 1.54) is 6.42 Å². The number of nitrogens with zero attached hydrogens (tertiary/aromatic N) is 2. The van der Waals surface area contributed by atoms with E-state index < -0.39 is 0 Å². The van der Waals surface area contributed by atoms with E-state index in [4.69, 9.17) is 20.9 Å². The van der Waals surface area contributed by atoms with E-state index in [-0.39, 0.29) is 5.91 Å². The molecular weight excluding hydrogens is 256 g/mol. The second kappa shape index (κ2) is 6.20. The molecule has 1 fully saturated rings. The van der Waals surface area contributed by atoms with Crippen molar-refractivity contribution in [1.82, 2.24) is 10.1 Å². The Balaban J connectivity index is 2.06. The van der Waals surface area contributed by atoms with Crippen LogP contribution in [0.25, 0.3) is 0 Å². The summed E-state index contributed by atoms with van der Waals surface area (Å²) in [5.41, 5.74) is 0.332. The second-order valence-corrected chi connectivity index (χ2v) is 4.76. The third-order valence-corrected chi connectivity index (χ3v) is 3.34. The van der Waals surface area contributed by atoms with Crippen molar-refractivity contribution in [3.63, 3.8) is 0 Å². The summed E-state index contributed by atoms with van der Waals surface area (Å²) in [5, 5.41) is 3.79. The highest BCUT2D eigenvalue weighted by Gasteiger charge is 2.30. The van der Waals surface area contributed by atoms with Gasteiger partial charge >= 0.3 is 0 Å². The molecule has 1 aliphatic carbocycles. The maximum atomic E-state index is 12.3. The van der Waals surface area contributed by atoms with Gasteiger partial charge in [-0.05, 0) is 19.3 Å². The minimum Gasteiger partial charge on any atom is -0.377 e. The zero-order chi connectivity index (χ0) is 13.0. The van der Waals surface area contributed by atoms with E-state index in [0.717, 1.165) is 12.8 Å². The molecule has 0 bridgehead atoms. The average molecular weight is 273 g/mol. The van der Waals surface area contributed by atoms with E-state index in [2.05, 4.69) is 5.16 Å². The lowest BCUT2D eigenvalue weighted by molar-refractivity contribution is 0.0587. The predicted molar refractivity (Wildman–Crippen MR) is 66.6 cm³/mol. The molecule has 1 saturated carbocycles. The number of hydrogen-bond acceptors (Lipinski definition) is 4. The number of halogens is 1. The fourth-order valence-corrected chi connectivity index (χ4v) is 2.19. The molecule has 1 aromatic rings. The monoisotopic (exact) mass is 272 g/mol. The summed E-state index contributed by atoms with van der Waals surface area (Å²) in [6, 6.07) is 1.94. The minimum absolute atomic E-state index is 0.105. The van der Waals surface area contributed by atoms with Crippen LogP contribution in [0.3, 0.4) is 0 Å². The van der Waals surface area contributed by atoms with Crippen LogP contribution in [0.4, 0.5) is 0 Å². The molecule has 1 aliphatic rings. The van der Waals surface area contributed by atoms with Gasteiger partial charge in [0.15, 0.2) is 11.5 Å². The number of methoxy groups -OCH3 is 1. The lowest BCUT2D eigenvalue weighted by Crippen LogP contribution is -2.45. The zero-order valence-corrected chi connectivity index (χ0v) is 11.2. The summed E-state index contributed by atoms with van der Waals surface area (Å²) >= 11 is 5.75. The van der Waals surface area contributed by atoms with Crippen LogP contribution in [0.2, 0.25) is 0 Å². The largest absolute Gasteiger partial charge is 0.377 e. The van der Waals surface area contributed by atoms with Crippen LogP contribution >= 0.6 is 11.6 Å². The molecule has 6 heteroatoms. The van der Waals surface area contributed by atoms with Gasteiger partial charge in [0, 0.05) is 31.6 Å². The van der Waals surface area contributed by atoms with Crippen molar-refractivity contribution in [2.75, 3.05) is 19.5 Å². The smallest absolute Gasteiger partial charge is 0.276 e. The Labute approximate surface area is 111 Å². The van der Waals surface area contributed by atoms with Crippen LogP contribution in [-0.4, -0.2) is 41.5 Å². The number of ether oxygens (including phenoxy) is 1. The van der Waals surface area contributed by atoms with Crippen LogP contribution in [0.15, 0.2) is 10.6 Å². The summed E-state index contributed by atoms with van der Waals surface area (Å²) in [5.74, 6) is 0.886. The maximum absolute atomic E-state index is 12.3. The standard InChI is InChI=1S/C12H17ClN2O3/c1-17-8-10-7-11(14-18-10)12(16)15(6-5-13)9-3-2-4-9/h7,9H,2-6,8H2,1H3. The Morgan fingerprint density at radius 2 is 2.44 bits per heavy atom. The fraction of sp³-hybridized carbons (Fsp3) is 0.667. The molecule has 0 aromatic carbocycles. The third kappa shape index (κ3) is 2.84. The Morgan fingerprint density at radius 1 is 1.67 bits per heavy atom. The van der Waals surface area contributed by atoms with Gasteiger partial charge < -0.3 is 14.2 Å². The van der Waals surface area contributed by atoms with E-state index in [9.17, 15) is 4.79 Å². The van der Waals surface area contributed by atoms with Gasteiger partial charge in [0.1, 0.15) is 6.61 Å². The molecule has 1 amide bonds. The normalized spacial score (nSPS) is 15.4. The first-order valence-corrected chi connectivity index (χ1v) is 6.61. The van der Waals surface area contributed by atoms with E-state index in [0.29, 0.717) is 36.5 Å². The maximum Gasteiger partial charge on any atom is 0.276 e. The molecule has 0 radical (unpaired) electrons. The van der Waals surface area contributed by atoms with Crippen LogP contribution in [0, 0.1) is 0 Å². The predicted octanol–water partition coefficient (Wildman–Crippen LogP) is 2.05. The highest BCUT2D eigenvalue weighted by atomic mass is 35.5. The van der Waals surface area contributed by atoms with Crippen molar-refractivity contribution in [2.24, 2.45) is 0 Å². The van der Waals surface area contributed by atoms with E-state index >= 15 is 0 Å². The molecular formula is C12H17ClN2O3. The number of aromatic nitrogens is 1. The summed E-state index contributed by atoms with van der Waals surface area (Å²) in [4.78, 5) is 14.1. The minimum atomic E-state index is -0.105. The van der Waals surface area contributed by atoms with Crippen molar-refractivity contribution in [3.05, 3.63) is 17.5 Å². The second-order valence-electron chi connectivity index (χ2n) is 4.38. The number of carbonyl (C=O) groups is 1. The van der Waals surface area contributed by atoms with Gasteiger partial charge in [-0.2, -0.15) is 0 Å². The quantitative estimate of drug-likeness (QED) is 0.744. The lowest BCUT2D eigenvalue weighted by Gasteiger charge is -2.36. The molecule has 1 heterocycles. The van der Waals surface area contributed by atoms with Crippen molar-refractivity contribution in [2.45, 2.75) is 31.9 Å². The number of alkyl halides is 1. The zero-order valence-electron chi connectivity index (χ0n) is 10.4. The molecule has 18 heavy (non-hydrogen) atoms. The number of carbonyl (C=O) groups excluding carboxylic acids is 1. The van der Waals surface area contributed by atoms with Gasteiger partial charge in [-0.3, -0.25) is 4.79 Å². The average Bonchev–Trinajstić information content (AvgIpc) is 2.74. The molecule has 5 nitrogen and oxygen atoms in total. The Hall–Kier alpha value is -1.07. The molecule has 0 spiro atoms. The van der Waals surface area contributed by atoms with Gasteiger partial charge in [0.05, 0.1) is 0 Å². The van der Waals surface area contributed by atoms with Gasteiger partial charge in [-0.25, -0.2) is 0 Å². The Morgan fingerprint density at radius 3 is 3.00 bits per heavy atom. The van der Waals surface area contributed by atoms with Crippen LogP contribution in [0.5, 0.6) is 0 Å². The van der Waals surface area contributed by atoms with Crippen LogP contribution in [0.1, 0.15) is 35.5 Å². The molecule has 0 saturated heterocycles. The Kier molecular flexibility index (Phi) is 4.60. The van der Waals surface area contributed by atoms with Gasteiger partial charge in [-0.1, -0.05) is 5.16 Å². The third-order valence-electron chi connectivity index (χ3n) is 3.17. The lowest BCUT2D eigenvalue weighted by atomic mass is 9.91. The molecule has 0 unspecified atom stereocenters. The van der Waals surface area contributed by atoms with Crippen LogP contribution in [-0.2, 0) is 11.3 Å². The van der Waals surface area contributed by atoms with Crippen molar-refractivity contribution in [3.8, 4) is 0 Å². The Bertz CT molecular complexity index is 404. The first-order valence-electron chi connectivity index (χ1n) is 6.07. The van der Waals surface area contributed by atoms with E-state index in [1.54, 1.807) is 18.1 Å². The fourth-order valence-electron chi connectivity index (χ4n) is 2.01. The van der Waals surface area contributed by atoms with Gasteiger partial charge in [-0.15, -0.1) is 11.6 Å². The van der Waals surface area contributed by atoms with Gasteiger partial charge in [0.25, 0.3) is 5.91 Å². The molecule has 100 valence electrons. The number of amides is 1. The number of hydrogen-bond donors (Lipinski definition) is 0. The topological polar surface area (TPSA) is 55.6 Å². The highest BCUT2D eigenvalue weighted by Crippen LogP contribution is 2.26. The van der Waals surface area contributed by atoms with Crippen LogP contribution < -0.4 is 0 Å². The summed E-state index contributed by atoms with van der Waals surface area (Å²) in [6.07, 6.45) is 3.27. The van der Waals surface area contributed by atoms with Crippen molar-refractivity contribution in [1.29, 1.82) is 0 Å². The molecule has 1 aromatic heterocycles. The van der Waals surface area contributed by atoms with Crippen molar-refractivity contribution >= 4 is 17.5 Å².